The van der Waals surface area contributed by atoms with Crippen molar-refractivity contribution >= 4 is 16.6 Å². The van der Waals surface area contributed by atoms with E-state index in [1.165, 1.54) is 13.0 Å². The number of alkyl halides is 3. The number of fused-ring (bicyclic) bond motifs is 1. The SMILES string of the molecule is Cc1c([C@@H](C)Nc2nnc(C)c3ccc(OCC4CCCN4)cc23)cccc1C(F)(F)F. The summed E-state index contributed by atoms with van der Waals surface area (Å²) < 4.78 is 46.0. The van der Waals surface area contributed by atoms with Crippen LogP contribution in [0.25, 0.3) is 10.8 Å². The number of hydrogen-bond acceptors (Lipinski definition) is 5. The first-order chi connectivity index (χ1) is 15.2. The first kappa shape index (κ1) is 22.3. The molecule has 3 aromatic rings. The van der Waals surface area contributed by atoms with Crippen molar-refractivity contribution in [3.63, 3.8) is 0 Å². The molecule has 2 atom stereocenters. The molecule has 1 unspecified atom stereocenters. The summed E-state index contributed by atoms with van der Waals surface area (Å²) in [4.78, 5) is 0. The normalized spacial score (nSPS) is 17.5. The number of nitrogens with one attached hydrogen (secondary N) is 2. The van der Waals surface area contributed by atoms with Crippen molar-refractivity contribution in [3.05, 3.63) is 58.8 Å². The highest BCUT2D eigenvalue weighted by atomic mass is 19.4. The molecule has 4 rings (SSSR count). The molecule has 32 heavy (non-hydrogen) atoms. The largest absolute Gasteiger partial charge is 0.492 e. The van der Waals surface area contributed by atoms with E-state index in [0.717, 1.165) is 47.7 Å². The smallest absolute Gasteiger partial charge is 0.416 e. The molecule has 2 aromatic carbocycles. The Morgan fingerprint density at radius 3 is 2.69 bits per heavy atom. The minimum atomic E-state index is -4.39. The van der Waals surface area contributed by atoms with Gasteiger partial charge in [-0.25, -0.2) is 0 Å². The van der Waals surface area contributed by atoms with Crippen molar-refractivity contribution in [2.45, 2.75) is 51.9 Å². The zero-order valence-corrected chi connectivity index (χ0v) is 18.4. The second-order valence-corrected chi connectivity index (χ2v) is 8.33. The Kier molecular flexibility index (Phi) is 6.24. The van der Waals surface area contributed by atoms with Crippen LogP contribution in [0.2, 0.25) is 0 Å². The predicted molar refractivity (Wildman–Crippen MR) is 119 cm³/mol. The highest BCUT2D eigenvalue weighted by Crippen LogP contribution is 2.36. The highest BCUT2D eigenvalue weighted by molar-refractivity contribution is 5.94. The predicted octanol–water partition coefficient (Wildman–Crippen LogP) is 5.57. The zero-order valence-electron chi connectivity index (χ0n) is 18.4. The molecule has 1 aliphatic rings. The van der Waals surface area contributed by atoms with Crippen LogP contribution in [0.5, 0.6) is 5.75 Å². The fraction of sp³-hybridized carbons (Fsp3) is 0.417. The van der Waals surface area contributed by atoms with Crippen LogP contribution < -0.4 is 15.4 Å². The molecule has 0 radical (unpaired) electrons. The number of hydrogen-bond donors (Lipinski definition) is 2. The number of anilines is 1. The van der Waals surface area contributed by atoms with Gasteiger partial charge in [0.1, 0.15) is 12.4 Å². The van der Waals surface area contributed by atoms with E-state index >= 15 is 0 Å². The molecule has 0 aliphatic carbocycles. The van der Waals surface area contributed by atoms with Crippen molar-refractivity contribution < 1.29 is 17.9 Å². The minimum Gasteiger partial charge on any atom is -0.492 e. The standard InChI is InChI=1S/C24H27F3N4O/c1-14-19(7-4-8-22(14)24(25,26)27)15(2)29-23-21-12-18(32-13-17-6-5-11-28-17)9-10-20(21)16(3)30-31-23/h4,7-10,12,15,17,28H,5-6,11,13H2,1-3H3,(H,29,31)/t15-,17?/m1/s1. The van der Waals surface area contributed by atoms with Gasteiger partial charge in [-0.05, 0) is 75.5 Å². The monoisotopic (exact) mass is 444 g/mol. The van der Waals surface area contributed by atoms with Crippen LogP contribution in [0.15, 0.2) is 36.4 Å². The lowest BCUT2D eigenvalue weighted by Crippen LogP contribution is -2.28. The Morgan fingerprint density at radius 1 is 1.16 bits per heavy atom. The summed E-state index contributed by atoms with van der Waals surface area (Å²) in [5.74, 6) is 1.24. The summed E-state index contributed by atoms with van der Waals surface area (Å²) in [6.45, 7) is 6.80. The molecule has 1 aromatic heterocycles. The first-order valence-electron chi connectivity index (χ1n) is 10.8. The maximum Gasteiger partial charge on any atom is 0.416 e. The van der Waals surface area contributed by atoms with Crippen molar-refractivity contribution in [2.75, 3.05) is 18.5 Å². The molecular formula is C24H27F3N4O. The van der Waals surface area contributed by atoms with E-state index in [4.69, 9.17) is 4.74 Å². The van der Waals surface area contributed by atoms with Gasteiger partial charge in [0.05, 0.1) is 17.3 Å². The van der Waals surface area contributed by atoms with Crippen LogP contribution in [-0.2, 0) is 6.18 Å². The average Bonchev–Trinajstić information content (AvgIpc) is 3.27. The van der Waals surface area contributed by atoms with E-state index in [1.54, 1.807) is 6.07 Å². The maximum atomic E-state index is 13.3. The number of halogens is 3. The molecule has 2 heterocycles. The van der Waals surface area contributed by atoms with E-state index < -0.39 is 17.8 Å². The van der Waals surface area contributed by atoms with Gasteiger partial charge in [-0.2, -0.15) is 18.3 Å². The van der Waals surface area contributed by atoms with Gasteiger partial charge in [0.15, 0.2) is 5.82 Å². The Morgan fingerprint density at radius 2 is 1.97 bits per heavy atom. The summed E-state index contributed by atoms with van der Waals surface area (Å²) in [5, 5.41) is 16.9. The van der Waals surface area contributed by atoms with Gasteiger partial charge in [0.25, 0.3) is 0 Å². The van der Waals surface area contributed by atoms with Crippen molar-refractivity contribution in [3.8, 4) is 5.75 Å². The third kappa shape index (κ3) is 4.65. The molecule has 1 aliphatic heterocycles. The van der Waals surface area contributed by atoms with Crippen molar-refractivity contribution in [1.29, 1.82) is 0 Å². The van der Waals surface area contributed by atoms with E-state index in [0.29, 0.717) is 24.0 Å². The summed E-state index contributed by atoms with van der Waals surface area (Å²) >= 11 is 0. The molecule has 0 spiro atoms. The molecule has 1 fully saturated rings. The molecule has 5 nitrogen and oxygen atoms in total. The van der Waals surface area contributed by atoms with Crippen LogP contribution in [0.4, 0.5) is 19.0 Å². The van der Waals surface area contributed by atoms with Crippen LogP contribution in [0, 0.1) is 13.8 Å². The number of rotatable bonds is 6. The summed E-state index contributed by atoms with van der Waals surface area (Å²) in [7, 11) is 0. The third-order valence-electron chi connectivity index (χ3n) is 6.05. The Balaban J connectivity index is 1.62. The van der Waals surface area contributed by atoms with Gasteiger partial charge in [0, 0.05) is 16.8 Å². The molecule has 0 bridgehead atoms. The lowest BCUT2D eigenvalue weighted by molar-refractivity contribution is -0.138. The lowest BCUT2D eigenvalue weighted by atomic mass is 9.97. The Bertz CT molecular complexity index is 1110. The molecule has 1 saturated heterocycles. The van der Waals surface area contributed by atoms with Crippen molar-refractivity contribution in [1.82, 2.24) is 15.5 Å². The summed E-state index contributed by atoms with van der Waals surface area (Å²) in [6.07, 6.45) is -2.14. The van der Waals surface area contributed by atoms with Crippen LogP contribution in [-0.4, -0.2) is 29.4 Å². The number of nitrogens with zero attached hydrogens (tertiary/aromatic N) is 2. The van der Waals surface area contributed by atoms with Crippen LogP contribution >= 0.6 is 0 Å². The molecule has 8 heteroatoms. The quantitative estimate of drug-likeness (QED) is 0.521. The minimum absolute atomic E-state index is 0.206. The third-order valence-corrected chi connectivity index (χ3v) is 6.05. The molecule has 170 valence electrons. The van der Waals surface area contributed by atoms with E-state index in [-0.39, 0.29) is 5.56 Å². The second kappa shape index (κ2) is 8.94. The fourth-order valence-corrected chi connectivity index (χ4v) is 4.27. The molecular weight excluding hydrogens is 417 g/mol. The van der Waals surface area contributed by atoms with Gasteiger partial charge in [-0.15, -0.1) is 5.10 Å². The Labute approximate surface area is 185 Å². The van der Waals surface area contributed by atoms with Gasteiger partial charge in [-0.1, -0.05) is 12.1 Å². The van der Waals surface area contributed by atoms with Gasteiger partial charge in [-0.3, -0.25) is 0 Å². The molecule has 0 saturated carbocycles. The summed E-state index contributed by atoms with van der Waals surface area (Å²) in [5.41, 5.74) is 0.921. The topological polar surface area (TPSA) is 59.1 Å². The highest BCUT2D eigenvalue weighted by Gasteiger charge is 2.33. The second-order valence-electron chi connectivity index (χ2n) is 8.33. The number of ether oxygens (including phenoxy) is 1. The average molecular weight is 445 g/mol. The zero-order chi connectivity index (χ0) is 22.9. The van der Waals surface area contributed by atoms with Crippen LogP contribution in [0.1, 0.15) is 48.2 Å². The van der Waals surface area contributed by atoms with Crippen LogP contribution in [0.3, 0.4) is 0 Å². The van der Waals surface area contributed by atoms with E-state index in [1.807, 2.05) is 32.0 Å². The van der Waals surface area contributed by atoms with Crippen molar-refractivity contribution in [2.24, 2.45) is 0 Å². The van der Waals surface area contributed by atoms with Gasteiger partial charge >= 0.3 is 6.18 Å². The van der Waals surface area contributed by atoms with E-state index in [9.17, 15) is 13.2 Å². The Hall–Kier alpha value is -2.87. The number of benzene rings is 2. The van der Waals surface area contributed by atoms with E-state index in [2.05, 4.69) is 20.8 Å². The number of aromatic nitrogens is 2. The lowest BCUT2D eigenvalue weighted by Gasteiger charge is -2.21. The molecule has 0 amide bonds. The fourth-order valence-electron chi connectivity index (χ4n) is 4.27. The van der Waals surface area contributed by atoms with Gasteiger partial charge < -0.3 is 15.4 Å². The maximum absolute atomic E-state index is 13.3. The first-order valence-corrected chi connectivity index (χ1v) is 10.8. The summed E-state index contributed by atoms with van der Waals surface area (Å²) in [6, 6.07) is 9.98. The molecule has 2 N–H and O–H groups in total. The van der Waals surface area contributed by atoms with Gasteiger partial charge in [0.2, 0.25) is 0 Å². The number of aryl methyl sites for hydroxylation is 1.